The molecule has 3 aromatic rings. The van der Waals surface area contributed by atoms with Gasteiger partial charge in [-0.2, -0.15) is 0 Å². The van der Waals surface area contributed by atoms with Crippen LogP contribution in [0.25, 0.3) is 11.4 Å². The third kappa shape index (κ3) is 6.06. The summed E-state index contributed by atoms with van der Waals surface area (Å²) in [6.07, 6.45) is -1.76. The summed E-state index contributed by atoms with van der Waals surface area (Å²) in [6.45, 7) is 5.16. The predicted octanol–water partition coefficient (Wildman–Crippen LogP) is 4.05. The summed E-state index contributed by atoms with van der Waals surface area (Å²) in [5.41, 5.74) is 2.29. The smallest absolute Gasteiger partial charge is 0.462 e. The zero-order chi connectivity index (χ0) is 25.9. The maximum Gasteiger partial charge on any atom is 0.573 e. The molecule has 2 aromatic heterocycles. The van der Waals surface area contributed by atoms with E-state index in [9.17, 15) is 18.0 Å². The van der Waals surface area contributed by atoms with Crippen LogP contribution in [0.4, 0.5) is 30.5 Å². The van der Waals surface area contributed by atoms with E-state index in [2.05, 4.69) is 29.8 Å². The number of rotatable bonds is 7. The lowest BCUT2D eigenvalue weighted by Gasteiger charge is -2.34. The normalized spacial score (nSPS) is 14.6. The van der Waals surface area contributed by atoms with Crippen molar-refractivity contribution < 1.29 is 27.4 Å². The maximum absolute atomic E-state index is 13.1. The maximum atomic E-state index is 13.1. The summed E-state index contributed by atoms with van der Waals surface area (Å²) in [5, 5.41) is 2.88. The van der Waals surface area contributed by atoms with Crippen LogP contribution >= 0.6 is 0 Å². The Morgan fingerprint density at radius 2 is 1.86 bits per heavy atom. The van der Waals surface area contributed by atoms with E-state index in [1.807, 2.05) is 7.05 Å². The minimum Gasteiger partial charge on any atom is -0.462 e. The SMILES string of the molecule is CCOC(=O)c1cc(-c2ccnc(Nc3cc(N4CCN(C)CC4)ccc3OC(F)(F)F)n2)n(C)c1. The Balaban J connectivity index is 1.63. The molecule has 1 fully saturated rings. The topological polar surface area (TPSA) is 84.8 Å². The largest absolute Gasteiger partial charge is 0.573 e. The van der Waals surface area contributed by atoms with Crippen molar-refractivity contribution in [2.45, 2.75) is 13.3 Å². The Bertz CT molecular complexity index is 1220. The number of likely N-dealkylation sites (N-methyl/N-ethyl adjacent to an activating group) is 1. The van der Waals surface area contributed by atoms with Gasteiger partial charge in [0.15, 0.2) is 5.75 Å². The quantitative estimate of drug-likeness (QED) is 0.483. The van der Waals surface area contributed by atoms with Gasteiger partial charge in [-0.1, -0.05) is 0 Å². The van der Waals surface area contributed by atoms with Gasteiger partial charge in [-0.3, -0.25) is 0 Å². The van der Waals surface area contributed by atoms with E-state index < -0.39 is 18.1 Å². The van der Waals surface area contributed by atoms with Crippen molar-refractivity contribution in [3.05, 3.63) is 48.3 Å². The summed E-state index contributed by atoms with van der Waals surface area (Å²) in [4.78, 5) is 25.0. The highest BCUT2D eigenvalue weighted by atomic mass is 19.4. The average Bonchev–Trinajstić information content (AvgIpc) is 3.22. The Kier molecular flexibility index (Phi) is 7.34. The van der Waals surface area contributed by atoms with Gasteiger partial charge in [0, 0.05) is 51.3 Å². The third-order valence-electron chi connectivity index (χ3n) is 5.74. The number of aryl methyl sites for hydroxylation is 1. The molecule has 0 bridgehead atoms. The number of benzene rings is 1. The molecule has 0 spiro atoms. The van der Waals surface area contributed by atoms with Gasteiger partial charge < -0.3 is 29.2 Å². The molecule has 9 nitrogen and oxygen atoms in total. The molecule has 0 unspecified atom stereocenters. The third-order valence-corrected chi connectivity index (χ3v) is 5.74. The molecular weight excluding hydrogens is 477 g/mol. The molecule has 1 aliphatic heterocycles. The van der Waals surface area contributed by atoms with Gasteiger partial charge in [0.2, 0.25) is 5.95 Å². The number of halogens is 3. The van der Waals surface area contributed by atoms with Gasteiger partial charge in [0.1, 0.15) is 0 Å². The van der Waals surface area contributed by atoms with E-state index in [4.69, 9.17) is 4.74 Å². The number of carbonyl (C=O) groups excluding carboxylic acids is 1. The van der Waals surface area contributed by atoms with Crippen LogP contribution in [0.2, 0.25) is 0 Å². The number of ether oxygens (including phenoxy) is 2. The minimum atomic E-state index is -4.86. The van der Waals surface area contributed by atoms with Crippen molar-refractivity contribution in [3.8, 4) is 17.1 Å². The van der Waals surface area contributed by atoms with Gasteiger partial charge in [-0.15, -0.1) is 13.2 Å². The molecule has 1 aliphatic rings. The van der Waals surface area contributed by atoms with Crippen molar-refractivity contribution in [1.29, 1.82) is 0 Å². The average molecular weight is 505 g/mol. The summed E-state index contributed by atoms with van der Waals surface area (Å²) in [6, 6.07) is 7.77. The molecule has 1 aromatic carbocycles. The van der Waals surface area contributed by atoms with E-state index in [1.165, 1.54) is 12.3 Å². The van der Waals surface area contributed by atoms with Gasteiger partial charge in [0.05, 0.1) is 29.2 Å². The molecule has 0 saturated carbocycles. The summed E-state index contributed by atoms with van der Waals surface area (Å²) >= 11 is 0. The fraction of sp³-hybridized carbons (Fsp3) is 0.375. The fourth-order valence-electron chi connectivity index (χ4n) is 3.92. The highest BCUT2D eigenvalue weighted by Crippen LogP contribution is 2.35. The molecular formula is C24H27F3N6O3. The molecule has 1 saturated heterocycles. The number of nitrogens with one attached hydrogen (secondary N) is 1. The van der Waals surface area contributed by atoms with E-state index in [-0.39, 0.29) is 18.2 Å². The second kappa shape index (κ2) is 10.4. The lowest BCUT2D eigenvalue weighted by molar-refractivity contribution is -0.274. The number of carbonyl (C=O) groups is 1. The van der Waals surface area contributed by atoms with Crippen molar-refractivity contribution in [1.82, 2.24) is 19.4 Å². The number of anilines is 3. The molecule has 12 heteroatoms. The monoisotopic (exact) mass is 504 g/mol. The number of hydrogen-bond acceptors (Lipinski definition) is 8. The molecule has 0 atom stereocenters. The molecule has 192 valence electrons. The molecule has 0 amide bonds. The minimum absolute atomic E-state index is 0.0777. The molecule has 3 heterocycles. The van der Waals surface area contributed by atoms with Gasteiger partial charge in [-0.25, -0.2) is 14.8 Å². The van der Waals surface area contributed by atoms with Crippen molar-refractivity contribution in [3.63, 3.8) is 0 Å². The van der Waals surface area contributed by atoms with Crippen LogP contribution in [-0.4, -0.2) is 71.6 Å². The standard InChI is InChI=1S/C24H27F3N6O3/c1-4-35-22(34)16-13-20(32(3)15-16)18-7-8-28-23(29-18)30-19-14-17(33-11-9-31(2)10-12-33)5-6-21(19)36-24(25,26)27/h5-8,13-15H,4,9-12H2,1-3H3,(H,28,29,30). The number of piperazine rings is 1. The second-order valence-electron chi connectivity index (χ2n) is 8.35. The lowest BCUT2D eigenvalue weighted by Crippen LogP contribution is -2.44. The summed E-state index contributed by atoms with van der Waals surface area (Å²) in [5.74, 6) is -0.770. The molecule has 36 heavy (non-hydrogen) atoms. The van der Waals surface area contributed by atoms with Crippen LogP contribution in [0.1, 0.15) is 17.3 Å². The van der Waals surface area contributed by atoms with E-state index in [0.29, 0.717) is 17.0 Å². The first-order valence-electron chi connectivity index (χ1n) is 11.4. The predicted molar refractivity (Wildman–Crippen MR) is 129 cm³/mol. The number of nitrogens with zero attached hydrogens (tertiary/aromatic N) is 5. The van der Waals surface area contributed by atoms with Crippen LogP contribution in [0.3, 0.4) is 0 Å². The Morgan fingerprint density at radius 3 is 2.56 bits per heavy atom. The molecule has 0 radical (unpaired) electrons. The van der Waals surface area contributed by atoms with Crippen molar-refractivity contribution in [2.75, 3.05) is 50.1 Å². The van der Waals surface area contributed by atoms with E-state index >= 15 is 0 Å². The highest BCUT2D eigenvalue weighted by Gasteiger charge is 2.32. The van der Waals surface area contributed by atoms with Gasteiger partial charge in [0.25, 0.3) is 0 Å². The number of aromatic nitrogens is 3. The van der Waals surface area contributed by atoms with Crippen LogP contribution in [0.15, 0.2) is 42.7 Å². The van der Waals surface area contributed by atoms with Crippen molar-refractivity contribution >= 4 is 23.3 Å². The van der Waals surface area contributed by atoms with Gasteiger partial charge >= 0.3 is 12.3 Å². The first kappa shape index (κ1) is 25.3. The Morgan fingerprint density at radius 1 is 1.11 bits per heavy atom. The zero-order valence-electron chi connectivity index (χ0n) is 20.2. The molecule has 4 rings (SSSR count). The van der Waals surface area contributed by atoms with Crippen LogP contribution in [-0.2, 0) is 11.8 Å². The molecule has 0 aliphatic carbocycles. The van der Waals surface area contributed by atoms with Gasteiger partial charge in [-0.05, 0) is 44.3 Å². The van der Waals surface area contributed by atoms with E-state index in [1.54, 1.807) is 49.0 Å². The lowest BCUT2D eigenvalue weighted by atomic mass is 10.2. The van der Waals surface area contributed by atoms with E-state index in [0.717, 1.165) is 31.9 Å². The first-order valence-corrected chi connectivity index (χ1v) is 11.4. The van der Waals surface area contributed by atoms with Crippen molar-refractivity contribution in [2.24, 2.45) is 7.05 Å². The Hall–Kier alpha value is -3.80. The summed E-state index contributed by atoms with van der Waals surface area (Å²) < 4.78 is 50.2. The Labute approximate surface area is 206 Å². The summed E-state index contributed by atoms with van der Waals surface area (Å²) in [7, 11) is 3.78. The first-order chi connectivity index (χ1) is 17.1. The number of alkyl halides is 3. The number of hydrogen-bond donors (Lipinski definition) is 1. The highest BCUT2D eigenvalue weighted by molar-refractivity contribution is 5.90. The number of esters is 1. The second-order valence-corrected chi connectivity index (χ2v) is 8.35. The van der Waals surface area contributed by atoms with Crippen LogP contribution in [0.5, 0.6) is 5.75 Å². The zero-order valence-corrected chi connectivity index (χ0v) is 20.2. The molecule has 1 N–H and O–H groups in total. The fourth-order valence-corrected chi connectivity index (χ4v) is 3.92. The van der Waals surface area contributed by atoms with Crippen LogP contribution in [0, 0.1) is 0 Å². The van der Waals surface area contributed by atoms with Crippen LogP contribution < -0.4 is 15.0 Å².